The molecule has 0 radical (unpaired) electrons. The second kappa shape index (κ2) is 6.96. The van der Waals surface area contributed by atoms with Gasteiger partial charge in [0.25, 0.3) is 0 Å². The van der Waals surface area contributed by atoms with E-state index in [1.807, 2.05) is 24.3 Å². The molecule has 2 aliphatic rings. The SMILES string of the molecule is O=S(=O)(N[C@@]12CCCCN[C@@H]1c1ccccc1OC2)c1ccc(Br)cc1. The molecule has 0 amide bonds. The Bertz CT molecular complexity index is 901. The molecular weight excluding hydrogens is 416 g/mol. The minimum Gasteiger partial charge on any atom is -0.491 e. The topological polar surface area (TPSA) is 67.4 Å². The van der Waals surface area contributed by atoms with Crippen LogP contribution in [0.25, 0.3) is 0 Å². The van der Waals surface area contributed by atoms with E-state index in [1.165, 1.54) is 0 Å². The van der Waals surface area contributed by atoms with E-state index in [2.05, 4.69) is 26.0 Å². The average molecular weight is 437 g/mol. The molecule has 2 aliphatic heterocycles. The van der Waals surface area contributed by atoms with Crippen LogP contribution in [0, 0.1) is 0 Å². The van der Waals surface area contributed by atoms with Crippen LogP contribution >= 0.6 is 15.9 Å². The third-order valence-electron chi connectivity index (χ3n) is 5.13. The van der Waals surface area contributed by atoms with Crippen molar-refractivity contribution in [1.29, 1.82) is 0 Å². The third-order valence-corrected chi connectivity index (χ3v) is 7.22. The molecule has 0 aromatic heterocycles. The van der Waals surface area contributed by atoms with E-state index in [4.69, 9.17) is 4.74 Å². The molecule has 2 N–H and O–H groups in total. The molecule has 26 heavy (non-hydrogen) atoms. The highest BCUT2D eigenvalue weighted by Gasteiger charge is 2.47. The third kappa shape index (κ3) is 3.29. The first kappa shape index (κ1) is 18.0. The molecule has 7 heteroatoms. The van der Waals surface area contributed by atoms with Crippen molar-refractivity contribution in [3.05, 3.63) is 58.6 Å². The van der Waals surface area contributed by atoms with E-state index < -0.39 is 15.6 Å². The molecule has 0 unspecified atom stereocenters. The lowest BCUT2D eigenvalue weighted by Crippen LogP contribution is -2.60. The molecule has 0 aliphatic carbocycles. The van der Waals surface area contributed by atoms with Gasteiger partial charge in [0.05, 0.1) is 16.5 Å². The standard InChI is InChI=1S/C19H21BrN2O3S/c20-14-7-9-15(10-8-14)26(23,24)22-19-11-3-4-12-21-18(19)16-5-1-2-6-17(16)25-13-19/h1-2,5-10,18,21-22H,3-4,11-13H2/t18-,19-/m1/s1. The van der Waals surface area contributed by atoms with Crippen molar-refractivity contribution in [2.75, 3.05) is 13.2 Å². The number of rotatable bonds is 3. The Morgan fingerprint density at radius 1 is 1.12 bits per heavy atom. The van der Waals surface area contributed by atoms with E-state index in [0.717, 1.165) is 41.6 Å². The summed E-state index contributed by atoms with van der Waals surface area (Å²) in [5.74, 6) is 0.824. The molecule has 2 atom stereocenters. The van der Waals surface area contributed by atoms with E-state index in [1.54, 1.807) is 24.3 Å². The molecule has 4 rings (SSSR count). The number of nitrogens with one attached hydrogen (secondary N) is 2. The van der Waals surface area contributed by atoms with Gasteiger partial charge in [-0.1, -0.05) is 40.5 Å². The fraction of sp³-hybridized carbons (Fsp3) is 0.368. The van der Waals surface area contributed by atoms with E-state index >= 15 is 0 Å². The van der Waals surface area contributed by atoms with Gasteiger partial charge in [-0.05, 0) is 49.7 Å². The Kier molecular flexibility index (Phi) is 4.81. The summed E-state index contributed by atoms with van der Waals surface area (Å²) >= 11 is 3.35. The zero-order valence-electron chi connectivity index (χ0n) is 14.2. The molecule has 5 nitrogen and oxygen atoms in total. The van der Waals surface area contributed by atoms with E-state index in [-0.39, 0.29) is 10.9 Å². The van der Waals surface area contributed by atoms with Gasteiger partial charge in [0.15, 0.2) is 0 Å². The average Bonchev–Trinajstić information content (AvgIpc) is 2.84. The van der Waals surface area contributed by atoms with Gasteiger partial charge >= 0.3 is 0 Å². The van der Waals surface area contributed by atoms with Gasteiger partial charge in [0.1, 0.15) is 12.4 Å². The molecule has 2 heterocycles. The summed E-state index contributed by atoms with van der Waals surface area (Å²) in [5.41, 5.74) is 0.315. The first-order chi connectivity index (χ1) is 12.5. The Morgan fingerprint density at radius 3 is 2.69 bits per heavy atom. The zero-order valence-corrected chi connectivity index (χ0v) is 16.6. The van der Waals surface area contributed by atoms with Crippen molar-refractivity contribution in [3.63, 3.8) is 0 Å². The molecule has 2 aromatic carbocycles. The number of halogens is 1. The Hall–Kier alpha value is -1.41. The molecule has 0 bridgehead atoms. The van der Waals surface area contributed by atoms with Crippen LogP contribution < -0.4 is 14.8 Å². The van der Waals surface area contributed by atoms with Gasteiger partial charge in [0.2, 0.25) is 10.0 Å². The lowest BCUT2D eigenvalue weighted by molar-refractivity contribution is 0.128. The van der Waals surface area contributed by atoms with Gasteiger partial charge in [-0.3, -0.25) is 0 Å². The minimum atomic E-state index is -3.67. The summed E-state index contributed by atoms with van der Waals surface area (Å²) in [6.45, 7) is 1.18. The molecular formula is C19H21BrN2O3S. The number of ether oxygens (including phenoxy) is 1. The maximum absolute atomic E-state index is 13.1. The summed E-state index contributed by atoms with van der Waals surface area (Å²) < 4.78 is 36.0. The van der Waals surface area contributed by atoms with Crippen LogP contribution in [0.3, 0.4) is 0 Å². The van der Waals surface area contributed by atoms with Gasteiger partial charge in [-0.2, -0.15) is 4.72 Å². The van der Waals surface area contributed by atoms with Crippen LogP contribution in [-0.4, -0.2) is 27.1 Å². The predicted octanol–water partition coefficient (Wildman–Crippen LogP) is 3.37. The normalized spacial score (nSPS) is 25.5. The van der Waals surface area contributed by atoms with Crippen LogP contribution in [0.1, 0.15) is 30.9 Å². The fourth-order valence-corrected chi connectivity index (χ4v) is 5.54. The maximum Gasteiger partial charge on any atom is 0.241 e. The van der Waals surface area contributed by atoms with Gasteiger partial charge in [0, 0.05) is 10.0 Å². The van der Waals surface area contributed by atoms with Gasteiger partial charge in [-0.15, -0.1) is 0 Å². The largest absolute Gasteiger partial charge is 0.491 e. The highest BCUT2D eigenvalue weighted by atomic mass is 79.9. The quantitative estimate of drug-likeness (QED) is 0.773. The van der Waals surface area contributed by atoms with Crippen molar-refractivity contribution in [2.24, 2.45) is 0 Å². The number of fused-ring (bicyclic) bond motifs is 3. The number of benzene rings is 2. The summed E-state index contributed by atoms with van der Waals surface area (Å²) in [6, 6.07) is 14.4. The van der Waals surface area contributed by atoms with Crippen LogP contribution in [0.5, 0.6) is 5.75 Å². The fourth-order valence-electron chi connectivity index (χ4n) is 3.85. The molecule has 1 saturated heterocycles. The molecule has 2 aromatic rings. The highest BCUT2D eigenvalue weighted by molar-refractivity contribution is 9.10. The van der Waals surface area contributed by atoms with Crippen molar-refractivity contribution in [2.45, 2.75) is 35.7 Å². The van der Waals surface area contributed by atoms with Crippen LogP contribution in [0.4, 0.5) is 0 Å². The summed E-state index contributed by atoms with van der Waals surface area (Å²) in [6.07, 6.45) is 2.69. The second-order valence-corrected chi connectivity index (χ2v) is 9.48. The Morgan fingerprint density at radius 2 is 1.88 bits per heavy atom. The van der Waals surface area contributed by atoms with E-state index in [9.17, 15) is 8.42 Å². The number of sulfonamides is 1. The Balaban J connectivity index is 1.73. The smallest absolute Gasteiger partial charge is 0.241 e. The Labute approximate surface area is 162 Å². The van der Waals surface area contributed by atoms with Crippen molar-refractivity contribution < 1.29 is 13.2 Å². The summed E-state index contributed by atoms with van der Waals surface area (Å²) in [7, 11) is -3.67. The van der Waals surface area contributed by atoms with Crippen LogP contribution in [-0.2, 0) is 10.0 Å². The van der Waals surface area contributed by atoms with Gasteiger partial charge in [-0.25, -0.2) is 8.42 Å². The summed E-state index contributed by atoms with van der Waals surface area (Å²) in [4.78, 5) is 0.261. The zero-order chi connectivity index (χ0) is 18.2. The van der Waals surface area contributed by atoms with E-state index in [0.29, 0.717) is 6.61 Å². The monoisotopic (exact) mass is 436 g/mol. The van der Waals surface area contributed by atoms with Gasteiger partial charge < -0.3 is 10.1 Å². The summed E-state index contributed by atoms with van der Waals surface area (Å²) in [5, 5.41) is 3.55. The number of hydrogen-bond donors (Lipinski definition) is 2. The minimum absolute atomic E-state index is 0.111. The molecule has 0 spiro atoms. The molecule has 0 saturated carbocycles. The van der Waals surface area contributed by atoms with Crippen LogP contribution in [0.2, 0.25) is 0 Å². The van der Waals surface area contributed by atoms with Crippen molar-refractivity contribution in [3.8, 4) is 5.75 Å². The lowest BCUT2D eigenvalue weighted by Gasteiger charge is -2.44. The van der Waals surface area contributed by atoms with Crippen molar-refractivity contribution in [1.82, 2.24) is 10.0 Å². The maximum atomic E-state index is 13.1. The number of hydrogen-bond acceptors (Lipinski definition) is 4. The first-order valence-corrected chi connectivity index (χ1v) is 11.0. The van der Waals surface area contributed by atoms with Crippen LogP contribution in [0.15, 0.2) is 57.9 Å². The molecule has 1 fully saturated rings. The first-order valence-electron chi connectivity index (χ1n) is 8.75. The second-order valence-electron chi connectivity index (χ2n) is 6.89. The molecule has 138 valence electrons. The lowest BCUT2D eigenvalue weighted by atomic mass is 9.81. The predicted molar refractivity (Wildman–Crippen MR) is 104 cm³/mol. The highest BCUT2D eigenvalue weighted by Crippen LogP contribution is 2.42. The number of para-hydroxylation sites is 1. The van der Waals surface area contributed by atoms with Crippen molar-refractivity contribution >= 4 is 26.0 Å².